The second-order valence-corrected chi connectivity index (χ2v) is 6.42. The fourth-order valence-corrected chi connectivity index (χ4v) is 2.36. The van der Waals surface area contributed by atoms with Gasteiger partial charge in [0.2, 0.25) is 0 Å². The van der Waals surface area contributed by atoms with Crippen LogP contribution >= 0.6 is 0 Å². The lowest BCUT2D eigenvalue weighted by Gasteiger charge is -2.42. The molecule has 0 nitrogen and oxygen atoms in total. The standard InChI is InChI=1S/C16H28/c1-12(2)8-7-9-15-11-10-13(3)16(5,6)14(15)4/h7,9-15H,8H2,1-6H3. The normalized spacial score (nSPS) is 33.8. The van der Waals surface area contributed by atoms with Crippen molar-refractivity contribution >= 4 is 0 Å². The zero-order valence-corrected chi connectivity index (χ0v) is 11.8. The average Bonchev–Trinajstić information content (AvgIpc) is 2.19. The Morgan fingerprint density at radius 1 is 1.19 bits per heavy atom. The molecule has 0 heteroatoms. The van der Waals surface area contributed by atoms with Crippen molar-refractivity contribution in [2.24, 2.45) is 29.1 Å². The van der Waals surface area contributed by atoms with Crippen LogP contribution in [0.5, 0.6) is 0 Å². The first-order valence-electron chi connectivity index (χ1n) is 6.70. The maximum atomic E-state index is 2.41. The van der Waals surface area contributed by atoms with Gasteiger partial charge in [-0.3, -0.25) is 0 Å². The molecule has 16 heavy (non-hydrogen) atoms. The quantitative estimate of drug-likeness (QED) is 0.582. The number of allylic oxidation sites excluding steroid dienone is 4. The van der Waals surface area contributed by atoms with Crippen LogP contribution in [0.4, 0.5) is 0 Å². The lowest BCUT2D eigenvalue weighted by molar-refractivity contribution is 0.134. The summed E-state index contributed by atoms with van der Waals surface area (Å²) in [6.45, 7) is 14.1. The van der Waals surface area contributed by atoms with Crippen LogP contribution in [0.2, 0.25) is 0 Å². The van der Waals surface area contributed by atoms with Gasteiger partial charge in [-0.2, -0.15) is 0 Å². The molecule has 0 N–H and O–H groups in total. The van der Waals surface area contributed by atoms with E-state index in [4.69, 9.17) is 0 Å². The molecule has 0 saturated heterocycles. The van der Waals surface area contributed by atoms with Gasteiger partial charge in [-0.05, 0) is 35.5 Å². The molecule has 0 fully saturated rings. The molecular formula is C16H28. The van der Waals surface area contributed by atoms with E-state index in [-0.39, 0.29) is 0 Å². The van der Waals surface area contributed by atoms with Gasteiger partial charge in [0, 0.05) is 0 Å². The van der Waals surface area contributed by atoms with Crippen LogP contribution in [0.25, 0.3) is 0 Å². The minimum Gasteiger partial charge on any atom is -0.0877 e. The van der Waals surface area contributed by atoms with Gasteiger partial charge < -0.3 is 0 Å². The lowest BCUT2D eigenvalue weighted by atomic mass is 9.62. The maximum Gasteiger partial charge on any atom is -0.00224 e. The molecule has 0 amide bonds. The summed E-state index contributed by atoms with van der Waals surface area (Å²) in [6, 6.07) is 0. The number of hydrogen-bond acceptors (Lipinski definition) is 0. The van der Waals surface area contributed by atoms with Gasteiger partial charge >= 0.3 is 0 Å². The summed E-state index contributed by atoms with van der Waals surface area (Å²) in [5, 5.41) is 0. The topological polar surface area (TPSA) is 0 Å². The highest BCUT2D eigenvalue weighted by Crippen LogP contribution is 2.44. The SMILES string of the molecule is CC(C)CC=CC1C=CC(C)C(C)(C)C1C. The molecule has 1 aliphatic rings. The third kappa shape index (κ3) is 2.99. The van der Waals surface area contributed by atoms with Crippen molar-refractivity contribution in [2.45, 2.75) is 48.0 Å². The van der Waals surface area contributed by atoms with Crippen LogP contribution in [0.3, 0.4) is 0 Å². The first kappa shape index (κ1) is 13.5. The summed E-state index contributed by atoms with van der Waals surface area (Å²) >= 11 is 0. The van der Waals surface area contributed by atoms with E-state index < -0.39 is 0 Å². The van der Waals surface area contributed by atoms with Crippen LogP contribution in [0, 0.1) is 29.1 Å². The minimum atomic E-state index is 0.418. The second-order valence-electron chi connectivity index (χ2n) is 6.42. The Bertz CT molecular complexity index is 268. The average molecular weight is 220 g/mol. The van der Waals surface area contributed by atoms with Crippen LogP contribution in [0.15, 0.2) is 24.3 Å². The molecular weight excluding hydrogens is 192 g/mol. The second kappa shape index (κ2) is 5.21. The summed E-state index contributed by atoms with van der Waals surface area (Å²) in [7, 11) is 0. The van der Waals surface area contributed by atoms with Crippen molar-refractivity contribution in [3.8, 4) is 0 Å². The van der Waals surface area contributed by atoms with E-state index in [1.54, 1.807) is 0 Å². The van der Waals surface area contributed by atoms with Crippen LogP contribution < -0.4 is 0 Å². The minimum absolute atomic E-state index is 0.418. The Morgan fingerprint density at radius 2 is 1.81 bits per heavy atom. The van der Waals surface area contributed by atoms with E-state index in [2.05, 4.69) is 65.8 Å². The molecule has 0 aliphatic heterocycles. The fraction of sp³-hybridized carbons (Fsp3) is 0.750. The molecule has 0 radical (unpaired) electrons. The first-order chi connectivity index (χ1) is 7.35. The summed E-state index contributed by atoms with van der Waals surface area (Å²) in [6.07, 6.45) is 10.8. The highest BCUT2D eigenvalue weighted by molar-refractivity contribution is 5.12. The van der Waals surface area contributed by atoms with E-state index in [1.165, 1.54) is 6.42 Å². The molecule has 1 rings (SSSR count). The maximum absolute atomic E-state index is 2.41. The van der Waals surface area contributed by atoms with Crippen molar-refractivity contribution < 1.29 is 0 Å². The van der Waals surface area contributed by atoms with Gasteiger partial charge in [-0.25, -0.2) is 0 Å². The van der Waals surface area contributed by atoms with Crippen LogP contribution in [-0.2, 0) is 0 Å². The summed E-state index contributed by atoms with van der Waals surface area (Å²) in [5.74, 6) is 2.82. The molecule has 0 saturated carbocycles. The van der Waals surface area contributed by atoms with Gasteiger partial charge in [-0.15, -0.1) is 0 Å². The zero-order valence-electron chi connectivity index (χ0n) is 11.8. The van der Waals surface area contributed by atoms with Gasteiger partial charge in [-0.1, -0.05) is 65.8 Å². The molecule has 0 bridgehead atoms. The van der Waals surface area contributed by atoms with Crippen molar-refractivity contribution in [2.75, 3.05) is 0 Å². The molecule has 0 aromatic rings. The Labute approximate surface area is 102 Å². The lowest BCUT2D eigenvalue weighted by Crippen LogP contribution is -2.35. The smallest absolute Gasteiger partial charge is 0.00224 e. The third-order valence-corrected chi connectivity index (χ3v) is 4.51. The van der Waals surface area contributed by atoms with E-state index in [1.807, 2.05) is 0 Å². The Hall–Kier alpha value is -0.520. The number of hydrogen-bond donors (Lipinski definition) is 0. The van der Waals surface area contributed by atoms with Crippen LogP contribution in [-0.4, -0.2) is 0 Å². The van der Waals surface area contributed by atoms with E-state index in [0.717, 1.165) is 11.8 Å². The van der Waals surface area contributed by atoms with Gasteiger partial charge in [0.15, 0.2) is 0 Å². The molecule has 0 aromatic heterocycles. The summed E-state index contributed by atoms with van der Waals surface area (Å²) in [4.78, 5) is 0. The molecule has 0 heterocycles. The number of rotatable bonds is 3. The highest BCUT2D eigenvalue weighted by Gasteiger charge is 2.36. The van der Waals surface area contributed by atoms with E-state index in [0.29, 0.717) is 17.3 Å². The molecule has 0 spiro atoms. The Kier molecular flexibility index (Phi) is 4.41. The highest BCUT2D eigenvalue weighted by atomic mass is 14.4. The fourth-order valence-electron chi connectivity index (χ4n) is 2.36. The Morgan fingerprint density at radius 3 is 2.38 bits per heavy atom. The van der Waals surface area contributed by atoms with Crippen molar-refractivity contribution in [3.63, 3.8) is 0 Å². The predicted molar refractivity (Wildman–Crippen MR) is 73.3 cm³/mol. The largest absolute Gasteiger partial charge is 0.0877 e. The van der Waals surface area contributed by atoms with E-state index in [9.17, 15) is 0 Å². The van der Waals surface area contributed by atoms with Crippen molar-refractivity contribution in [1.29, 1.82) is 0 Å². The third-order valence-electron chi connectivity index (χ3n) is 4.51. The zero-order chi connectivity index (χ0) is 12.3. The Balaban J connectivity index is 2.69. The molecule has 92 valence electrons. The monoisotopic (exact) mass is 220 g/mol. The van der Waals surface area contributed by atoms with Crippen molar-refractivity contribution in [1.82, 2.24) is 0 Å². The molecule has 1 aliphatic carbocycles. The predicted octanol–water partition coefficient (Wildman–Crippen LogP) is 5.07. The van der Waals surface area contributed by atoms with E-state index >= 15 is 0 Å². The first-order valence-corrected chi connectivity index (χ1v) is 6.70. The van der Waals surface area contributed by atoms with Gasteiger partial charge in [0.25, 0.3) is 0 Å². The molecule has 0 aromatic carbocycles. The summed E-state index contributed by atoms with van der Waals surface area (Å²) in [5.41, 5.74) is 0.418. The molecule has 3 atom stereocenters. The van der Waals surface area contributed by atoms with Crippen LogP contribution in [0.1, 0.15) is 48.0 Å². The summed E-state index contributed by atoms with van der Waals surface area (Å²) < 4.78 is 0. The van der Waals surface area contributed by atoms with Crippen molar-refractivity contribution in [3.05, 3.63) is 24.3 Å². The van der Waals surface area contributed by atoms with Gasteiger partial charge in [0.1, 0.15) is 0 Å². The van der Waals surface area contributed by atoms with Gasteiger partial charge in [0.05, 0.1) is 0 Å². The molecule has 3 unspecified atom stereocenters.